The molecule has 4 nitrogen and oxygen atoms in total. The third-order valence-corrected chi connectivity index (χ3v) is 2.27. The van der Waals surface area contributed by atoms with E-state index in [0.717, 1.165) is 23.4 Å². The lowest BCUT2D eigenvalue weighted by atomic mass is 10.2. The van der Waals surface area contributed by atoms with Crippen LogP contribution >= 0.6 is 0 Å². The molecule has 0 bridgehead atoms. The zero-order valence-corrected chi connectivity index (χ0v) is 11.2. The van der Waals surface area contributed by atoms with Gasteiger partial charge in [-0.15, -0.1) is 0 Å². The van der Waals surface area contributed by atoms with E-state index in [2.05, 4.69) is 22.0 Å². The number of nitrogens with one attached hydrogen (secondary N) is 1. The van der Waals surface area contributed by atoms with Gasteiger partial charge >= 0.3 is 0 Å². The van der Waals surface area contributed by atoms with Gasteiger partial charge < -0.3 is 5.32 Å². The molecule has 0 unspecified atom stereocenters. The molecule has 0 aliphatic rings. The number of hydrogen-bond acceptors (Lipinski definition) is 3. The molecule has 0 atom stereocenters. The summed E-state index contributed by atoms with van der Waals surface area (Å²) in [5, 5.41) is 7.32. The first-order chi connectivity index (χ1) is 8.61. The molecule has 1 aromatic heterocycles. The van der Waals surface area contributed by atoms with Crippen molar-refractivity contribution >= 4 is 12.3 Å². The normalized spacial score (nSPS) is 12.5. The van der Waals surface area contributed by atoms with Crippen molar-refractivity contribution in [3.63, 3.8) is 0 Å². The second-order valence-electron chi connectivity index (χ2n) is 4.00. The highest BCUT2D eigenvalue weighted by Crippen LogP contribution is 2.05. The van der Waals surface area contributed by atoms with E-state index in [1.807, 2.05) is 50.8 Å². The zero-order chi connectivity index (χ0) is 13.4. The van der Waals surface area contributed by atoms with E-state index in [-0.39, 0.29) is 0 Å². The van der Waals surface area contributed by atoms with E-state index in [4.69, 9.17) is 0 Å². The maximum atomic E-state index is 4.10. The smallest absolute Gasteiger partial charge is 0.0562 e. The summed E-state index contributed by atoms with van der Waals surface area (Å²) in [6.07, 6.45) is 11.6. The Morgan fingerprint density at radius 1 is 1.61 bits per heavy atom. The molecule has 0 saturated heterocycles. The van der Waals surface area contributed by atoms with Crippen LogP contribution in [0.1, 0.15) is 12.5 Å². The van der Waals surface area contributed by atoms with Gasteiger partial charge in [-0.05, 0) is 18.6 Å². The van der Waals surface area contributed by atoms with Crippen molar-refractivity contribution in [1.29, 1.82) is 0 Å². The molecule has 1 heterocycles. The van der Waals surface area contributed by atoms with Crippen LogP contribution in [0, 0.1) is 0 Å². The quantitative estimate of drug-likeness (QED) is 0.615. The van der Waals surface area contributed by atoms with Gasteiger partial charge in [0.15, 0.2) is 0 Å². The van der Waals surface area contributed by atoms with Crippen LogP contribution in [0.25, 0.3) is 6.08 Å². The van der Waals surface area contributed by atoms with Gasteiger partial charge in [-0.25, -0.2) is 0 Å². The maximum absolute atomic E-state index is 4.10. The summed E-state index contributed by atoms with van der Waals surface area (Å²) in [6.45, 7) is 6.72. The summed E-state index contributed by atoms with van der Waals surface area (Å²) >= 11 is 0. The lowest BCUT2D eigenvalue weighted by molar-refractivity contribution is 0.767. The van der Waals surface area contributed by atoms with E-state index < -0.39 is 0 Å². The molecule has 96 valence electrons. The first-order valence-corrected chi connectivity index (χ1v) is 5.80. The lowest BCUT2D eigenvalue weighted by Gasteiger charge is -2.02. The van der Waals surface area contributed by atoms with E-state index in [1.54, 1.807) is 11.7 Å². The standard InChI is InChI=1S/C14H20N4/c1-12(9-13(2)16-8-7-15-3)5-6-14-10-17-18(4)11-14/h5-7,9-11,16H,1,8H2,2-4H3/b6-5+,13-9-,15-7-. The van der Waals surface area contributed by atoms with Crippen molar-refractivity contribution < 1.29 is 0 Å². The molecule has 4 heteroatoms. The predicted molar refractivity (Wildman–Crippen MR) is 77.6 cm³/mol. The summed E-state index contributed by atoms with van der Waals surface area (Å²) in [6, 6.07) is 0. The van der Waals surface area contributed by atoms with Crippen LogP contribution in [0.4, 0.5) is 0 Å². The molecular formula is C14H20N4. The van der Waals surface area contributed by atoms with Gasteiger partial charge in [-0.1, -0.05) is 18.7 Å². The molecule has 0 aliphatic carbocycles. The van der Waals surface area contributed by atoms with Crippen LogP contribution in [0.3, 0.4) is 0 Å². The van der Waals surface area contributed by atoms with Crippen molar-refractivity contribution in [3.8, 4) is 0 Å². The van der Waals surface area contributed by atoms with Gasteiger partial charge in [0.1, 0.15) is 0 Å². The van der Waals surface area contributed by atoms with Gasteiger partial charge in [0, 0.05) is 44.3 Å². The summed E-state index contributed by atoms with van der Waals surface area (Å²) in [5.74, 6) is 0. The molecular weight excluding hydrogens is 224 g/mol. The summed E-state index contributed by atoms with van der Waals surface area (Å²) in [7, 11) is 3.66. The fraction of sp³-hybridized carbons (Fsp3) is 0.286. The van der Waals surface area contributed by atoms with Gasteiger partial charge in [0.25, 0.3) is 0 Å². The molecule has 1 aromatic rings. The molecule has 0 fully saturated rings. The monoisotopic (exact) mass is 244 g/mol. The van der Waals surface area contributed by atoms with Crippen molar-refractivity contribution in [2.45, 2.75) is 6.92 Å². The fourth-order valence-corrected chi connectivity index (χ4v) is 1.40. The number of aromatic nitrogens is 2. The second-order valence-corrected chi connectivity index (χ2v) is 4.00. The van der Waals surface area contributed by atoms with Crippen molar-refractivity contribution in [2.24, 2.45) is 12.0 Å². The van der Waals surface area contributed by atoms with Gasteiger partial charge in [-0.3, -0.25) is 9.67 Å². The van der Waals surface area contributed by atoms with Crippen LogP contribution in [0.15, 0.2) is 47.4 Å². The van der Waals surface area contributed by atoms with Crippen LogP contribution in [0.5, 0.6) is 0 Å². The van der Waals surface area contributed by atoms with E-state index >= 15 is 0 Å². The Balaban J connectivity index is 2.50. The first kappa shape index (κ1) is 14.0. The second kappa shape index (κ2) is 7.27. The van der Waals surface area contributed by atoms with E-state index in [9.17, 15) is 0 Å². The third-order valence-electron chi connectivity index (χ3n) is 2.27. The first-order valence-electron chi connectivity index (χ1n) is 5.80. The average Bonchev–Trinajstić information content (AvgIpc) is 2.73. The number of aryl methyl sites for hydroxylation is 1. The highest BCUT2D eigenvalue weighted by molar-refractivity contribution is 5.59. The Kier molecular flexibility index (Phi) is 5.64. The Morgan fingerprint density at radius 3 is 3.00 bits per heavy atom. The minimum absolute atomic E-state index is 0.735. The molecule has 18 heavy (non-hydrogen) atoms. The predicted octanol–water partition coefficient (Wildman–Crippen LogP) is 2.18. The zero-order valence-electron chi connectivity index (χ0n) is 11.2. The van der Waals surface area contributed by atoms with Crippen molar-refractivity contribution in [3.05, 3.63) is 48.0 Å². The van der Waals surface area contributed by atoms with Crippen LogP contribution in [-0.4, -0.2) is 29.6 Å². The van der Waals surface area contributed by atoms with Gasteiger partial charge in [0.05, 0.1) is 6.20 Å². The Hall–Kier alpha value is -2.10. The molecule has 1 N–H and O–H groups in total. The molecule has 0 saturated carbocycles. The highest BCUT2D eigenvalue weighted by Gasteiger charge is 1.91. The summed E-state index contributed by atoms with van der Waals surface area (Å²) < 4.78 is 1.77. The van der Waals surface area contributed by atoms with Crippen LogP contribution in [-0.2, 0) is 7.05 Å². The van der Waals surface area contributed by atoms with Crippen molar-refractivity contribution in [1.82, 2.24) is 15.1 Å². The summed E-state index contributed by atoms with van der Waals surface area (Å²) in [4.78, 5) is 3.90. The van der Waals surface area contributed by atoms with E-state index in [0.29, 0.717) is 0 Å². The average molecular weight is 244 g/mol. The SMILES string of the molecule is C=C(/C=C(/C)NC/C=N\C)/C=C/c1cnn(C)c1. The molecule has 0 amide bonds. The molecule has 0 spiro atoms. The maximum Gasteiger partial charge on any atom is 0.0562 e. The molecule has 0 aromatic carbocycles. The third kappa shape index (κ3) is 5.30. The Bertz CT molecular complexity index is 478. The number of hydrogen-bond donors (Lipinski definition) is 1. The molecule has 0 aliphatic heterocycles. The largest absolute Gasteiger partial charge is 0.384 e. The fourth-order valence-electron chi connectivity index (χ4n) is 1.40. The number of rotatable bonds is 6. The van der Waals surface area contributed by atoms with Gasteiger partial charge in [-0.2, -0.15) is 5.10 Å². The number of allylic oxidation sites excluding steroid dienone is 4. The van der Waals surface area contributed by atoms with Crippen LogP contribution < -0.4 is 5.32 Å². The topological polar surface area (TPSA) is 42.2 Å². The number of aliphatic imine (C=N–C) groups is 1. The minimum Gasteiger partial charge on any atom is -0.384 e. The Labute approximate surface area is 108 Å². The van der Waals surface area contributed by atoms with Crippen molar-refractivity contribution in [2.75, 3.05) is 13.6 Å². The Morgan fingerprint density at radius 2 is 2.39 bits per heavy atom. The van der Waals surface area contributed by atoms with Crippen LogP contribution in [0.2, 0.25) is 0 Å². The lowest BCUT2D eigenvalue weighted by Crippen LogP contribution is -2.13. The number of nitrogens with zero attached hydrogens (tertiary/aromatic N) is 3. The van der Waals surface area contributed by atoms with E-state index in [1.165, 1.54) is 0 Å². The summed E-state index contributed by atoms with van der Waals surface area (Å²) in [5.41, 5.74) is 3.07. The van der Waals surface area contributed by atoms with Gasteiger partial charge in [0.2, 0.25) is 0 Å². The molecule has 0 radical (unpaired) electrons. The molecule has 1 rings (SSSR count). The minimum atomic E-state index is 0.735. The highest BCUT2D eigenvalue weighted by atomic mass is 15.2.